The van der Waals surface area contributed by atoms with E-state index >= 15 is 0 Å². The smallest absolute Gasteiger partial charge is 0.326 e. The van der Waals surface area contributed by atoms with Crippen LogP contribution in [-0.4, -0.2) is 168 Å². The van der Waals surface area contributed by atoms with Crippen LogP contribution in [0.2, 0.25) is 5.15 Å². The molecular formula is C46H55ClN18O7. The Morgan fingerprint density at radius 2 is 1.35 bits per heavy atom. The first kappa shape index (κ1) is 46.4. The van der Waals surface area contributed by atoms with Crippen LogP contribution in [0.5, 0.6) is 5.75 Å². The normalized spacial score (nSPS) is 17.1. The Balaban J connectivity index is 0.000000167. The van der Waals surface area contributed by atoms with Gasteiger partial charge < -0.3 is 50.6 Å². The van der Waals surface area contributed by atoms with Crippen molar-refractivity contribution in [2.24, 2.45) is 14.1 Å². The summed E-state index contributed by atoms with van der Waals surface area (Å²) < 4.78 is 40.7. The van der Waals surface area contributed by atoms with E-state index < -0.39 is 12.9 Å². The third-order valence-electron chi connectivity index (χ3n) is 12.2. The van der Waals surface area contributed by atoms with Crippen LogP contribution in [0, 0.1) is 6.92 Å². The number of carbonyl (C=O) groups excluding carboxylic acids is 4. The van der Waals surface area contributed by atoms with Gasteiger partial charge in [-0.25, -0.2) is 19.6 Å². The molecule has 0 spiro atoms. The van der Waals surface area contributed by atoms with Crippen LogP contribution in [0.25, 0.3) is 22.8 Å². The SMILES string of the molecule is CC1(N2CCNC2=O)COC1.CNC(=O)c1nnc(N2CCN(C3(C)COC3)C2=O)cc1Nc1cccc(-c2ncn(C)n2)c1C.[2H]C([2H])([2H])NC(=O)c1nnc(Cl)cc1Nc1cccc(-c2ncn(C)n2)c1OC. The number of hydrogen-bond donors (Lipinski definition) is 5. The minimum atomic E-state index is -2.68. The first-order chi connectivity index (χ1) is 35.7. The first-order valence-corrected chi connectivity index (χ1v) is 22.9. The molecule has 5 N–H and O–H groups in total. The third kappa shape index (κ3) is 10.4. The van der Waals surface area contributed by atoms with Crippen LogP contribution in [-0.2, 0) is 23.6 Å². The van der Waals surface area contributed by atoms with Crippen LogP contribution < -0.4 is 36.2 Å². The number of amides is 6. The van der Waals surface area contributed by atoms with Gasteiger partial charge in [0, 0.05) is 81.8 Å². The minimum Gasteiger partial charge on any atom is -0.494 e. The predicted molar refractivity (Wildman–Crippen MR) is 265 cm³/mol. The quantitative estimate of drug-likeness (QED) is 0.117. The maximum atomic E-state index is 13.2. The van der Waals surface area contributed by atoms with E-state index in [-0.39, 0.29) is 51.3 Å². The third-order valence-corrected chi connectivity index (χ3v) is 12.4. The van der Waals surface area contributed by atoms with Crippen molar-refractivity contribution >= 4 is 64.0 Å². The molecule has 4 aliphatic heterocycles. The Labute approximate surface area is 423 Å². The Kier molecular flexibility index (Phi) is 13.6. The number of methoxy groups -OCH3 is 1. The lowest BCUT2D eigenvalue weighted by molar-refractivity contribution is -0.107. The average molecular weight is 1010 g/mol. The average Bonchev–Trinajstić information content (AvgIpc) is 4.19. The van der Waals surface area contributed by atoms with E-state index in [1.165, 1.54) is 20.2 Å². The van der Waals surface area contributed by atoms with Crippen molar-refractivity contribution in [2.75, 3.05) is 89.3 Å². The summed E-state index contributed by atoms with van der Waals surface area (Å²) in [5.74, 6) is 0.508. The number of anilines is 5. The second kappa shape index (κ2) is 21.1. The van der Waals surface area contributed by atoms with E-state index in [9.17, 15) is 19.2 Å². The molecule has 378 valence electrons. The zero-order valence-corrected chi connectivity index (χ0v) is 41.2. The monoisotopic (exact) mass is 1010 g/mol. The predicted octanol–water partition coefficient (Wildman–Crippen LogP) is 3.55. The highest BCUT2D eigenvalue weighted by Gasteiger charge is 2.47. The highest BCUT2D eigenvalue weighted by atomic mass is 35.5. The molecule has 4 aliphatic rings. The van der Waals surface area contributed by atoms with Gasteiger partial charge in [-0.3, -0.25) is 23.9 Å². The Morgan fingerprint density at radius 3 is 1.92 bits per heavy atom. The standard InChI is InChI=1S/C23H27N9O3.C16H16ClN7O2.C7H12N2O2/c1-14-15(20-25-13-30(4)29-20)6-5-7-16(14)26-17-10-18(27-28-19(17)21(33)24-3)31-8-9-32(22(31)34)23(2)11-35-12-23;1-18-16(25)13-11(7-12(17)21-22-13)20-10-6-4-5-9(14(10)26-3)15-19-8-24(2)23-15;1-7(4-11-5-7)9-3-2-8-6(9)10/h5-7,10,13H,8-9,11-12H2,1-4H3,(H,24,33)(H,26,27);4-8H,1-3H3,(H,18,25)(H,20,21);2-5H2,1H3,(H,8,10)/i;1D3;. The molecule has 10 rings (SSSR count). The van der Waals surface area contributed by atoms with Gasteiger partial charge in [0.1, 0.15) is 12.7 Å². The van der Waals surface area contributed by atoms with Crippen LogP contribution >= 0.6 is 11.6 Å². The Morgan fingerprint density at radius 1 is 0.764 bits per heavy atom. The highest BCUT2D eigenvalue weighted by Crippen LogP contribution is 2.38. The summed E-state index contributed by atoms with van der Waals surface area (Å²) in [5.41, 5.74) is 3.73. The molecule has 6 amide bonds. The molecule has 2 aromatic carbocycles. The summed E-state index contributed by atoms with van der Waals surface area (Å²) in [4.78, 5) is 63.0. The van der Waals surface area contributed by atoms with Gasteiger partial charge in [0.15, 0.2) is 39.8 Å². The van der Waals surface area contributed by atoms with E-state index in [0.717, 1.165) is 29.9 Å². The summed E-state index contributed by atoms with van der Waals surface area (Å²) in [6.45, 7) is 8.36. The van der Waals surface area contributed by atoms with E-state index in [2.05, 4.69) is 68.8 Å². The van der Waals surface area contributed by atoms with Gasteiger partial charge in [0.05, 0.1) is 67.2 Å². The summed E-state index contributed by atoms with van der Waals surface area (Å²) in [6.07, 6.45) is 3.20. The lowest BCUT2D eigenvalue weighted by atomic mass is 9.99. The lowest BCUT2D eigenvalue weighted by Gasteiger charge is -2.44. The van der Waals surface area contributed by atoms with Gasteiger partial charge in [-0.15, -0.1) is 20.4 Å². The molecule has 0 bridgehead atoms. The van der Waals surface area contributed by atoms with Crippen LogP contribution in [0.1, 0.15) is 44.5 Å². The molecule has 0 radical (unpaired) electrons. The van der Waals surface area contributed by atoms with Crippen molar-refractivity contribution in [1.82, 2.24) is 75.7 Å². The zero-order valence-electron chi connectivity index (χ0n) is 43.5. The zero-order chi connectivity index (χ0) is 53.8. The molecule has 8 heterocycles. The molecule has 0 aliphatic carbocycles. The van der Waals surface area contributed by atoms with Crippen molar-refractivity contribution in [3.05, 3.63) is 83.3 Å². The van der Waals surface area contributed by atoms with E-state index in [1.54, 1.807) is 58.2 Å². The number of rotatable bonds is 12. The number of aromatic nitrogens is 10. The molecule has 0 unspecified atom stereocenters. The van der Waals surface area contributed by atoms with Crippen LogP contribution in [0.3, 0.4) is 0 Å². The number of aryl methyl sites for hydroxylation is 2. The fraction of sp³-hybridized carbons (Fsp3) is 0.391. The van der Waals surface area contributed by atoms with Gasteiger partial charge in [0.2, 0.25) is 0 Å². The van der Waals surface area contributed by atoms with Gasteiger partial charge in [-0.05, 0) is 44.5 Å². The van der Waals surface area contributed by atoms with Gasteiger partial charge in [0.25, 0.3) is 11.8 Å². The molecule has 4 saturated heterocycles. The van der Waals surface area contributed by atoms with E-state index in [0.29, 0.717) is 79.7 Å². The molecule has 4 fully saturated rings. The number of urea groups is 2. The van der Waals surface area contributed by atoms with Crippen LogP contribution in [0.4, 0.5) is 38.2 Å². The summed E-state index contributed by atoms with van der Waals surface area (Å²) in [6, 6.07) is 13.9. The van der Waals surface area contributed by atoms with Gasteiger partial charge >= 0.3 is 12.1 Å². The molecule has 26 heteroatoms. The van der Waals surface area contributed by atoms with Crippen molar-refractivity contribution in [2.45, 2.75) is 31.8 Å². The Hall–Kier alpha value is -8.03. The molecule has 0 saturated carbocycles. The topological polar surface area (TPSA) is 279 Å². The molecule has 72 heavy (non-hydrogen) atoms. The largest absolute Gasteiger partial charge is 0.494 e. The van der Waals surface area contributed by atoms with E-state index in [1.807, 2.05) is 54.2 Å². The number of nitrogens with zero attached hydrogens (tertiary/aromatic N) is 13. The second-order valence-corrected chi connectivity index (χ2v) is 17.9. The van der Waals surface area contributed by atoms with Crippen molar-refractivity contribution < 1.29 is 37.5 Å². The minimum absolute atomic E-state index is 0.0134. The number of halogens is 1. The van der Waals surface area contributed by atoms with Crippen molar-refractivity contribution in [3.8, 4) is 28.5 Å². The fourth-order valence-electron chi connectivity index (χ4n) is 8.19. The molecule has 0 atom stereocenters. The number of benzene rings is 2. The molecular weight excluding hydrogens is 952 g/mol. The first-order valence-electron chi connectivity index (χ1n) is 24.0. The summed E-state index contributed by atoms with van der Waals surface area (Å²) >= 11 is 5.91. The maximum absolute atomic E-state index is 13.2. The second-order valence-electron chi connectivity index (χ2n) is 17.5. The summed E-state index contributed by atoms with van der Waals surface area (Å²) in [5, 5.41) is 38.0. The van der Waals surface area contributed by atoms with E-state index in [4.69, 9.17) is 29.9 Å². The number of nitrogens with one attached hydrogen (secondary N) is 5. The fourth-order valence-corrected chi connectivity index (χ4v) is 8.34. The molecule has 25 nitrogen and oxygen atoms in total. The molecule has 4 aromatic heterocycles. The van der Waals surface area contributed by atoms with Crippen molar-refractivity contribution in [3.63, 3.8) is 0 Å². The lowest BCUT2D eigenvalue weighted by Crippen LogP contribution is -2.61. The maximum Gasteiger partial charge on any atom is 0.326 e. The summed E-state index contributed by atoms with van der Waals surface area (Å²) in [7, 11) is 6.56. The van der Waals surface area contributed by atoms with Gasteiger partial charge in [-0.1, -0.05) is 29.8 Å². The van der Waals surface area contributed by atoms with Crippen molar-refractivity contribution in [1.29, 1.82) is 0 Å². The highest BCUT2D eigenvalue weighted by molar-refractivity contribution is 6.29. The number of hydrogen-bond acceptors (Lipinski definition) is 17. The number of para-hydroxylation sites is 1. The van der Waals surface area contributed by atoms with Gasteiger partial charge in [-0.2, -0.15) is 10.2 Å². The molecule has 6 aromatic rings. The number of ether oxygens (including phenoxy) is 3. The number of carbonyl (C=O) groups is 4. The Bertz CT molecular complexity index is 3110. The van der Waals surface area contributed by atoms with Crippen LogP contribution in [0.15, 0.2) is 61.2 Å².